The summed E-state index contributed by atoms with van der Waals surface area (Å²) in [6.45, 7) is -4.19. The van der Waals surface area contributed by atoms with Crippen molar-refractivity contribution in [1.82, 2.24) is 0 Å². The van der Waals surface area contributed by atoms with Crippen LogP contribution < -0.4 is 14.5 Å². The topological polar surface area (TPSA) is 99.1 Å². The predicted molar refractivity (Wildman–Crippen MR) is 47.0 cm³/mol. The average Bonchev–Trinajstić information content (AvgIpc) is 2.19. The number of carboxylic acid groups (broad SMARTS) is 1. The molecule has 0 bridgehead atoms. The first-order chi connectivity index (χ1) is 7.82. The van der Waals surface area contributed by atoms with Crippen molar-refractivity contribution in [2.45, 2.75) is 0 Å². The second-order valence-corrected chi connectivity index (χ2v) is 3.45. The molecule has 92 valence electrons. The number of rotatable bonds is 1. The zero-order valence-electron chi connectivity index (χ0n) is 8.15. The number of carbonyl (C=O) groups excluding carboxylic acids is 1. The quantitative estimate of drug-likeness (QED) is 0.589. The Balaban J connectivity index is 2.66. The Morgan fingerprint density at radius 1 is 1.47 bits per heavy atom. The molecule has 2 N–H and O–H groups in total. The van der Waals surface area contributed by atoms with Crippen LogP contribution in [0.1, 0.15) is 10.4 Å². The largest absolute Gasteiger partial charge is 0.665 e. The van der Waals surface area contributed by atoms with Gasteiger partial charge in [0.05, 0.1) is 18.0 Å². The van der Waals surface area contributed by atoms with Crippen molar-refractivity contribution in [3.05, 3.63) is 23.3 Å². The summed E-state index contributed by atoms with van der Waals surface area (Å²) in [5.41, 5.74) is -1.26. The number of carboxylic acids is 1. The van der Waals surface area contributed by atoms with Crippen molar-refractivity contribution in [3.8, 4) is 11.5 Å². The normalized spacial score (nSPS) is 16.7. The molecule has 0 unspecified atom stereocenters. The highest BCUT2D eigenvalue weighted by Gasteiger charge is 2.34. The van der Waals surface area contributed by atoms with Crippen molar-refractivity contribution in [2.24, 2.45) is 0 Å². The van der Waals surface area contributed by atoms with Crippen LogP contribution in [-0.2, 0) is 0 Å². The Morgan fingerprint density at radius 3 is 2.71 bits per heavy atom. The summed E-state index contributed by atoms with van der Waals surface area (Å²) in [7, 11) is 0. The molecule has 0 atom stereocenters. The number of hydrogen-bond donors (Lipinski definition) is 2. The molecular weight excluding hydrogens is 241 g/mol. The number of carbonyl (C=O) groups is 1. The Hall–Kier alpha value is -1.87. The van der Waals surface area contributed by atoms with Gasteiger partial charge in [-0.15, -0.1) is 0 Å². The van der Waals surface area contributed by atoms with E-state index in [-0.39, 0.29) is 0 Å². The molecule has 9 heteroatoms. The van der Waals surface area contributed by atoms with Crippen molar-refractivity contribution in [1.29, 1.82) is 0 Å². The fraction of sp³-hybridized carbons (Fsp3) is 0.125. The molecule has 0 fully saturated rings. The molecular formula is C8H5BF2O6-2. The fourth-order valence-corrected chi connectivity index (χ4v) is 1.41. The van der Waals surface area contributed by atoms with E-state index in [1.165, 1.54) is 0 Å². The lowest BCUT2D eigenvalue weighted by Gasteiger charge is -2.37. The van der Waals surface area contributed by atoms with Gasteiger partial charge in [0.1, 0.15) is 5.75 Å². The van der Waals surface area contributed by atoms with Crippen LogP contribution in [-0.4, -0.2) is 29.3 Å². The highest BCUT2D eigenvalue weighted by Crippen LogP contribution is 2.38. The molecule has 1 aliphatic rings. The van der Waals surface area contributed by atoms with Crippen LogP contribution in [0.15, 0.2) is 6.07 Å². The van der Waals surface area contributed by atoms with E-state index in [9.17, 15) is 18.7 Å². The van der Waals surface area contributed by atoms with Crippen LogP contribution in [0.5, 0.6) is 11.5 Å². The van der Waals surface area contributed by atoms with E-state index in [0.29, 0.717) is 6.07 Å². The van der Waals surface area contributed by atoms with Gasteiger partial charge < -0.3 is 29.3 Å². The molecule has 1 aliphatic heterocycles. The fourth-order valence-electron chi connectivity index (χ4n) is 1.41. The molecule has 0 saturated carbocycles. The average molecular weight is 246 g/mol. The minimum atomic E-state index is -3.47. The third kappa shape index (κ3) is 1.90. The van der Waals surface area contributed by atoms with Crippen molar-refractivity contribution in [3.63, 3.8) is 0 Å². The van der Waals surface area contributed by atoms with Crippen LogP contribution in [0.3, 0.4) is 0 Å². The van der Waals surface area contributed by atoms with Crippen molar-refractivity contribution in [2.75, 3.05) is 6.51 Å². The summed E-state index contributed by atoms with van der Waals surface area (Å²) >= 11 is 0. The third-order valence-electron chi connectivity index (χ3n) is 2.10. The molecule has 2 rings (SSSR count). The van der Waals surface area contributed by atoms with E-state index in [2.05, 4.69) is 9.39 Å². The Labute approximate surface area is 93.0 Å². The van der Waals surface area contributed by atoms with Gasteiger partial charge in [0.2, 0.25) is 0 Å². The maximum atomic E-state index is 13.2. The van der Waals surface area contributed by atoms with E-state index in [4.69, 9.17) is 10.0 Å². The van der Waals surface area contributed by atoms with Gasteiger partial charge in [-0.05, 0) is 0 Å². The van der Waals surface area contributed by atoms with Gasteiger partial charge in [-0.1, -0.05) is 0 Å². The van der Waals surface area contributed by atoms with Gasteiger partial charge in [0.25, 0.3) is 0 Å². The molecule has 1 aromatic carbocycles. The van der Waals surface area contributed by atoms with Gasteiger partial charge in [0, 0.05) is 6.07 Å². The maximum absolute atomic E-state index is 13.2. The highest BCUT2D eigenvalue weighted by molar-refractivity contribution is 6.58. The molecule has 1 aromatic rings. The van der Waals surface area contributed by atoms with E-state index < -0.39 is 47.9 Å². The lowest BCUT2D eigenvalue weighted by atomic mass is 9.80. The van der Waals surface area contributed by atoms with Crippen molar-refractivity contribution >= 4 is 12.7 Å². The lowest BCUT2D eigenvalue weighted by Crippen LogP contribution is -2.52. The molecule has 0 radical (unpaired) electrons. The first kappa shape index (κ1) is 11.6. The molecule has 0 aliphatic carbocycles. The summed E-state index contributed by atoms with van der Waals surface area (Å²) < 4.78 is 35.3. The summed E-state index contributed by atoms with van der Waals surface area (Å²) in [5.74, 6) is -6.50. The maximum Gasteiger partial charge on any atom is 0.467 e. The monoisotopic (exact) mass is 246 g/mol. The Morgan fingerprint density at radius 2 is 2.12 bits per heavy atom. The van der Waals surface area contributed by atoms with E-state index in [0.717, 1.165) is 0 Å². The minimum absolute atomic E-state index is 0.441. The van der Waals surface area contributed by atoms with Gasteiger partial charge in [0.15, 0.2) is 17.4 Å². The second-order valence-electron chi connectivity index (χ2n) is 3.45. The summed E-state index contributed by atoms with van der Waals surface area (Å²) in [4.78, 5) is 10.6. The lowest BCUT2D eigenvalue weighted by molar-refractivity contribution is -0.255. The number of hydrogen-bond acceptors (Lipinski definition) is 6. The molecule has 0 amide bonds. The summed E-state index contributed by atoms with van der Waals surface area (Å²) in [5, 5.41) is 28.9. The predicted octanol–water partition coefficient (Wildman–Crippen LogP) is -1.44. The molecule has 6 nitrogen and oxygen atoms in total. The SMILES string of the molecule is O=C([O-])c1c(F)c(F)cc2c1O[B-](O)(O)CO2. The van der Waals surface area contributed by atoms with E-state index in [1.54, 1.807) is 0 Å². The van der Waals surface area contributed by atoms with Gasteiger partial charge in [-0.2, -0.15) is 0 Å². The van der Waals surface area contributed by atoms with Crippen LogP contribution in [0.4, 0.5) is 8.78 Å². The molecule has 0 aromatic heterocycles. The highest BCUT2D eigenvalue weighted by atomic mass is 19.2. The Kier molecular flexibility index (Phi) is 2.44. The summed E-state index contributed by atoms with van der Waals surface area (Å²) in [6, 6.07) is 0.544. The number of fused-ring (bicyclic) bond motifs is 1. The second kappa shape index (κ2) is 3.57. The smallest absolute Gasteiger partial charge is 0.467 e. The third-order valence-corrected chi connectivity index (χ3v) is 2.10. The van der Waals surface area contributed by atoms with Crippen LogP contribution in [0, 0.1) is 11.6 Å². The van der Waals surface area contributed by atoms with E-state index in [1.807, 2.05) is 0 Å². The zero-order valence-corrected chi connectivity index (χ0v) is 8.15. The number of halogens is 2. The Bertz CT molecular complexity index is 503. The van der Waals surface area contributed by atoms with Gasteiger partial charge in [-0.25, -0.2) is 8.78 Å². The molecule has 0 saturated heterocycles. The van der Waals surface area contributed by atoms with Crippen molar-refractivity contribution < 1.29 is 38.1 Å². The van der Waals surface area contributed by atoms with Crippen LogP contribution in [0.25, 0.3) is 0 Å². The first-order valence-corrected chi connectivity index (χ1v) is 4.47. The van der Waals surface area contributed by atoms with Crippen LogP contribution in [0.2, 0.25) is 0 Å². The number of aromatic carboxylic acids is 1. The molecule has 0 spiro atoms. The van der Waals surface area contributed by atoms with Gasteiger partial charge >= 0.3 is 6.75 Å². The molecule has 1 heterocycles. The standard InChI is InChI=1S/C8H6BF2O6/c10-3-1-4-7(5(6(3)11)8(12)13)17-9(14,15)2-16-4/h1,14-15H,2H2,(H,12,13)/q-1/p-1. The van der Waals surface area contributed by atoms with E-state index >= 15 is 0 Å². The summed E-state index contributed by atoms with van der Waals surface area (Å²) in [6.07, 6.45) is 0. The first-order valence-electron chi connectivity index (χ1n) is 4.47. The number of benzene rings is 1. The minimum Gasteiger partial charge on any atom is -0.665 e. The zero-order chi connectivity index (χ0) is 12.8. The number of ether oxygens (including phenoxy) is 1. The van der Waals surface area contributed by atoms with Crippen LogP contribution >= 0.6 is 0 Å². The van der Waals surface area contributed by atoms with Gasteiger partial charge in [-0.3, -0.25) is 0 Å². The molecule has 17 heavy (non-hydrogen) atoms.